The summed E-state index contributed by atoms with van der Waals surface area (Å²) in [6, 6.07) is 4.89. The van der Waals surface area contributed by atoms with E-state index in [0.29, 0.717) is 29.2 Å². The summed E-state index contributed by atoms with van der Waals surface area (Å²) in [7, 11) is 1.50. The van der Waals surface area contributed by atoms with Crippen LogP contribution >= 0.6 is 11.6 Å². The van der Waals surface area contributed by atoms with E-state index in [1.54, 1.807) is 18.2 Å². The van der Waals surface area contributed by atoms with Crippen molar-refractivity contribution in [3.63, 3.8) is 0 Å². The second-order valence-corrected chi connectivity index (χ2v) is 5.20. The Kier molecular flexibility index (Phi) is 3.93. The zero-order valence-electron chi connectivity index (χ0n) is 10.4. The van der Waals surface area contributed by atoms with Crippen LogP contribution < -0.4 is 4.74 Å². The van der Waals surface area contributed by atoms with Crippen molar-refractivity contribution in [1.29, 1.82) is 0 Å². The van der Waals surface area contributed by atoms with Gasteiger partial charge in [0, 0.05) is 5.02 Å². The maximum Gasteiger partial charge on any atom is 0.198 e. The van der Waals surface area contributed by atoms with Crippen LogP contribution in [0.15, 0.2) is 18.2 Å². The van der Waals surface area contributed by atoms with Crippen LogP contribution in [0.4, 0.5) is 0 Å². The van der Waals surface area contributed by atoms with Crippen LogP contribution in [0.25, 0.3) is 0 Å². The van der Waals surface area contributed by atoms with Crippen molar-refractivity contribution in [3.05, 3.63) is 28.8 Å². The number of benzene rings is 1. The maximum atomic E-state index is 12.5. The van der Waals surface area contributed by atoms with E-state index in [-0.39, 0.29) is 5.78 Å². The molecule has 1 N–H and O–H groups in total. The van der Waals surface area contributed by atoms with E-state index >= 15 is 0 Å². The van der Waals surface area contributed by atoms with Crippen molar-refractivity contribution < 1.29 is 14.6 Å². The quantitative estimate of drug-likeness (QED) is 0.856. The molecule has 0 aromatic heterocycles. The molecule has 0 atom stereocenters. The zero-order chi connectivity index (χ0) is 13.2. The van der Waals surface area contributed by atoms with Crippen LogP contribution in [0.3, 0.4) is 0 Å². The van der Waals surface area contributed by atoms with E-state index in [4.69, 9.17) is 16.3 Å². The fraction of sp³-hybridized carbons (Fsp3) is 0.500. The Labute approximate surface area is 112 Å². The minimum atomic E-state index is -1.25. The summed E-state index contributed by atoms with van der Waals surface area (Å²) in [6.45, 7) is 0. The molecule has 0 bridgehead atoms. The van der Waals surface area contributed by atoms with Gasteiger partial charge in [-0.3, -0.25) is 4.79 Å². The van der Waals surface area contributed by atoms with E-state index in [2.05, 4.69) is 0 Å². The molecule has 0 saturated heterocycles. The van der Waals surface area contributed by atoms with Gasteiger partial charge in [0.25, 0.3) is 0 Å². The van der Waals surface area contributed by atoms with Crippen molar-refractivity contribution >= 4 is 17.4 Å². The van der Waals surface area contributed by atoms with Crippen LogP contribution in [0.2, 0.25) is 5.02 Å². The lowest BCUT2D eigenvalue weighted by Gasteiger charge is -2.30. The molecule has 0 radical (unpaired) electrons. The standard InChI is InChI=1S/C14H17ClO3/c1-18-12-6-5-10(15)9-11(12)13(16)14(17)7-3-2-4-8-14/h5-6,9,17H,2-4,7-8H2,1H3. The van der Waals surface area contributed by atoms with Gasteiger partial charge in [-0.25, -0.2) is 0 Å². The van der Waals surface area contributed by atoms with Gasteiger partial charge >= 0.3 is 0 Å². The molecule has 1 aliphatic carbocycles. The monoisotopic (exact) mass is 268 g/mol. The molecule has 0 unspecified atom stereocenters. The lowest BCUT2D eigenvalue weighted by molar-refractivity contribution is 0.0114. The lowest BCUT2D eigenvalue weighted by Crippen LogP contribution is -2.40. The highest BCUT2D eigenvalue weighted by Crippen LogP contribution is 2.34. The highest BCUT2D eigenvalue weighted by atomic mass is 35.5. The summed E-state index contributed by atoms with van der Waals surface area (Å²) in [5, 5.41) is 10.9. The highest BCUT2D eigenvalue weighted by molar-refractivity contribution is 6.31. The van der Waals surface area contributed by atoms with Crippen molar-refractivity contribution in [2.45, 2.75) is 37.7 Å². The first-order valence-electron chi connectivity index (χ1n) is 6.17. The Morgan fingerprint density at radius 2 is 2.00 bits per heavy atom. The molecule has 4 heteroatoms. The molecule has 0 heterocycles. The molecule has 1 saturated carbocycles. The third-order valence-electron chi connectivity index (χ3n) is 3.51. The first-order valence-corrected chi connectivity index (χ1v) is 6.55. The Balaban J connectivity index is 2.35. The van der Waals surface area contributed by atoms with Crippen LogP contribution in [0.1, 0.15) is 42.5 Å². The van der Waals surface area contributed by atoms with Gasteiger partial charge in [-0.2, -0.15) is 0 Å². The highest BCUT2D eigenvalue weighted by Gasteiger charge is 2.38. The van der Waals surface area contributed by atoms with Crippen LogP contribution in [-0.4, -0.2) is 23.6 Å². The average molecular weight is 269 g/mol. The number of ketones is 1. The van der Waals surface area contributed by atoms with Gasteiger partial charge in [0.1, 0.15) is 11.4 Å². The SMILES string of the molecule is COc1ccc(Cl)cc1C(=O)C1(O)CCCCC1. The molecule has 2 rings (SSSR count). The van der Waals surface area contributed by atoms with Crippen molar-refractivity contribution in [2.75, 3.05) is 7.11 Å². The molecule has 3 nitrogen and oxygen atoms in total. The summed E-state index contributed by atoms with van der Waals surface area (Å²) >= 11 is 5.91. The molecular formula is C14H17ClO3. The Hall–Kier alpha value is -1.06. The molecule has 1 aromatic rings. The molecule has 1 aliphatic rings. The smallest absolute Gasteiger partial charge is 0.198 e. The second kappa shape index (κ2) is 5.29. The van der Waals surface area contributed by atoms with E-state index < -0.39 is 5.60 Å². The Bertz CT molecular complexity index is 450. The molecule has 18 heavy (non-hydrogen) atoms. The largest absolute Gasteiger partial charge is 0.496 e. The van der Waals surface area contributed by atoms with Gasteiger partial charge in [-0.1, -0.05) is 30.9 Å². The molecule has 1 aromatic carbocycles. The topological polar surface area (TPSA) is 46.5 Å². The van der Waals surface area contributed by atoms with Crippen molar-refractivity contribution in [3.8, 4) is 5.75 Å². The van der Waals surface area contributed by atoms with Gasteiger partial charge in [-0.05, 0) is 31.0 Å². The van der Waals surface area contributed by atoms with Crippen LogP contribution in [0, 0.1) is 0 Å². The van der Waals surface area contributed by atoms with Gasteiger partial charge in [0.2, 0.25) is 0 Å². The third-order valence-corrected chi connectivity index (χ3v) is 3.74. The molecule has 0 spiro atoms. The maximum absolute atomic E-state index is 12.5. The fourth-order valence-electron chi connectivity index (χ4n) is 2.47. The van der Waals surface area contributed by atoms with Crippen LogP contribution in [0.5, 0.6) is 5.75 Å². The summed E-state index contributed by atoms with van der Waals surface area (Å²) in [5.74, 6) is 0.185. The van der Waals surface area contributed by atoms with Gasteiger partial charge < -0.3 is 9.84 Å². The predicted molar refractivity (Wildman–Crippen MR) is 70.4 cm³/mol. The third kappa shape index (κ3) is 2.52. The molecule has 0 amide bonds. The number of carbonyl (C=O) groups excluding carboxylic acids is 1. The summed E-state index contributed by atoms with van der Waals surface area (Å²) < 4.78 is 5.17. The summed E-state index contributed by atoms with van der Waals surface area (Å²) in [5.41, 5.74) is -0.884. The van der Waals surface area contributed by atoms with Gasteiger partial charge in [-0.15, -0.1) is 0 Å². The number of Topliss-reactive ketones (excluding diaryl/α,β-unsaturated/α-hetero) is 1. The van der Waals surface area contributed by atoms with Crippen LogP contribution in [-0.2, 0) is 0 Å². The molecule has 98 valence electrons. The molecular weight excluding hydrogens is 252 g/mol. The fourth-order valence-corrected chi connectivity index (χ4v) is 2.64. The zero-order valence-corrected chi connectivity index (χ0v) is 11.2. The molecule has 1 fully saturated rings. The first-order chi connectivity index (χ1) is 8.57. The molecule has 0 aliphatic heterocycles. The van der Waals surface area contributed by atoms with Crippen molar-refractivity contribution in [1.82, 2.24) is 0 Å². The number of carbonyl (C=O) groups is 1. The average Bonchev–Trinajstić information content (AvgIpc) is 2.38. The van der Waals surface area contributed by atoms with Gasteiger partial charge in [0.15, 0.2) is 5.78 Å². The van der Waals surface area contributed by atoms with E-state index in [1.165, 1.54) is 7.11 Å². The predicted octanol–water partition coefficient (Wildman–Crippen LogP) is 3.23. The number of hydrogen-bond donors (Lipinski definition) is 1. The number of halogens is 1. The van der Waals surface area contributed by atoms with E-state index in [0.717, 1.165) is 19.3 Å². The van der Waals surface area contributed by atoms with Gasteiger partial charge in [0.05, 0.1) is 12.7 Å². The number of rotatable bonds is 3. The number of hydrogen-bond acceptors (Lipinski definition) is 3. The minimum Gasteiger partial charge on any atom is -0.496 e. The first kappa shape index (κ1) is 13.4. The number of methoxy groups -OCH3 is 1. The Morgan fingerprint density at radius 3 is 2.61 bits per heavy atom. The normalized spacial score (nSPS) is 18.4. The Morgan fingerprint density at radius 1 is 1.33 bits per heavy atom. The minimum absolute atomic E-state index is 0.276. The number of aliphatic hydroxyl groups is 1. The van der Waals surface area contributed by atoms with E-state index in [9.17, 15) is 9.90 Å². The number of ether oxygens (including phenoxy) is 1. The van der Waals surface area contributed by atoms with E-state index in [1.807, 2.05) is 0 Å². The summed E-state index contributed by atoms with van der Waals surface area (Å²) in [6.07, 6.45) is 3.86. The summed E-state index contributed by atoms with van der Waals surface area (Å²) in [4.78, 5) is 12.5. The second-order valence-electron chi connectivity index (χ2n) is 4.77. The van der Waals surface area contributed by atoms with Crippen molar-refractivity contribution in [2.24, 2.45) is 0 Å². The lowest BCUT2D eigenvalue weighted by atomic mass is 9.79.